The van der Waals surface area contributed by atoms with Gasteiger partial charge in [0.15, 0.2) is 0 Å². The Labute approximate surface area is 194 Å². The van der Waals surface area contributed by atoms with Gasteiger partial charge in [-0.1, -0.05) is 30.4 Å². The Balaban J connectivity index is 0.00000341. The maximum atomic E-state index is 13.2. The minimum atomic E-state index is -0.668. The van der Waals surface area contributed by atoms with Crippen LogP contribution in [0.1, 0.15) is 25.0 Å². The van der Waals surface area contributed by atoms with Crippen LogP contribution in [0.25, 0.3) is 5.59 Å². The van der Waals surface area contributed by atoms with Crippen molar-refractivity contribution in [2.75, 3.05) is 17.3 Å². The zero-order valence-corrected chi connectivity index (χ0v) is 20.0. The van der Waals surface area contributed by atoms with Crippen LogP contribution in [0.15, 0.2) is 54.3 Å². The molecule has 0 atom stereocenters. The number of hydrogen-bond donors (Lipinski definition) is 2. The maximum Gasteiger partial charge on any atom is 0.396 e. The summed E-state index contributed by atoms with van der Waals surface area (Å²) in [5.41, 5.74) is 12.9. The van der Waals surface area contributed by atoms with Crippen LogP contribution in [0.2, 0.25) is 0 Å². The van der Waals surface area contributed by atoms with Crippen molar-refractivity contribution < 1.29 is 35.1 Å². The summed E-state index contributed by atoms with van der Waals surface area (Å²) in [6.07, 6.45) is 7.58. The molecule has 0 spiro atoms. The van der Waals surface area contributed by atoms with Crippen molar-refractivity contribution >= 4 is 29.5 Å². The molecule has 0 aliphatic carbocycles. The summed E-state index contributed by atoms with van der Waals surface area (Å²) >= 11 is 0. The first kappa shape index (κ1) is 24.2. The number of nitrogens with two attached hydrogens (primary N) is 1. The second-order valence-electron chi connectivity index (χ2n) is 6.53. The van der Waals surface area contributed by atoms with Crippen molar-refractivity contribution in [3.63, 3.8) is 0 Å². The summed E-state index contributed by atoms with van der Waals surface area (Å²) in [7, 11) is 0. The van der Waals surface area contributed by atoms with Crippen LogP contribution in [0.4, 0.5) is 26.4 Å². The van der Waals surface area contributed by atoms with Crippen LogP contribution in [-0.2, 0) is 32.4 Å². The number of rotatable bonds is 8. The number of nitrogens with one attached hydrogen (secondary N) is 1. The predicted octanol–water partition coefficient (Wildman–Crippen LogP) is 4.61. The van der Waals surface area contributed by atoms with Gasteiger partial charge in [0.2, 0.25) is 0 Å². The number of carbonyl (C=O) groups excluding carboxylic acids is 1. The van der Waals surface area contributed by atoms with Gasteiger partial charge < -0.3 is 31.5 Å². The number of nitrogen functional groups attached to an aromatic ring is 1. The molecule has 8 nitrogen and oxygen atoms in total. The van der Waals surface area contributed by atoms with E-state index in [1.807, 2.05) is 32.1 Å². The molecule has 31 heavy (non-hydrogen) atoms. The SMILES string of the molecule is C/C=C\C(=C/C)CN(Cc1ccc(F)cc1)C(=O)O[N-]N1c2cnc(N)c(C=N)c21.[W]. The molecule has 3 N–H and O–H groups in total. The molecule has 0 saturated carbocycles. The Morgan fingerprint density at radius 2 is 2.06 bits per heavy atom. The van der Waals surface area contributed by atoms with Crippen molar-refractivity contribution in [1.29, 1.82) is 5.41 Å². The average molecular weight is 593 g/mol. The number of hydrogen-bond acceptors (Lipinski definition) is 6. The number of anilines is 3. The fraction of sp³-hybridized carbons (Fsp3) is 0.190. The molecule has 3 rings (SSSR count). The fourth-order valence-corrected chi connectivity index (χ4v) is 2.89. The fourth-order valence-electron chi connectivity index (χ4n) is 2.89. The zero-order valence-electron chi connectivity index (χ0n) is 17.1. The van der Waals surface area contributed by atoms with Crippen molar-refractivity contribution in [3.05, 3.63) is 76.8 Å². The molecular formula is C21H22FN6O2W-. The van der Waals surface area contributed by atoms with E-state index in [1.165, 1.54) is 28.2 Å². The molecule has 1 amide bonds. The van der Waals surface area contributed by atoms with Crippen LogP contribution in [-0.4, -0.2) is 28.7 Å². The number of pyridine rings is 1. The van der Waals surface area contributed by atoms with Crippen LogP contribution >= 0.6 is 0 Å². The molecule has 2 aromatic rings. The van der Waals surface area contributed by atoms with E-state index < -0.39 is 6.09 Å². The molecule has 1 aromatic carbocycles. The molecule has 2 heterocycles. The van der Waals surface area contributed by atoms with Gasteiger partial charge in [0.25, 0.3) is 0 Å². The van der Waals surface area contributed by atoms with Gasteiger partial charge in [-0.25, -0.2) is 14.2 Å². The number of benzene rings is 1. The predicted molar refractivity (Wildman–Crippen MR) is 114 cm³/mol. The molecule has 162 valence electrons. The van der Waals surface area contributed by atoms with Gasteiger partial charge >= 0.3 is 6.09 Å². The van der Waals surface area contributed by atoms with E-state index >= 15 is 0 Å². The van der Waals surface area contributed by atoms with E-state index in [2.05, 4.69) is 10.6 Å². The van der Waals surface area contributed by atoms with Crippen molar-refractivity contribution in [3.8, 4) is 0 Å². The van der Waals surface area contributed by atoms with Crippen molar-refractivity contribution in [1.82, 2.24) is 9.88 Å². The molecule has 1 aromatic heterocycles. The zero-order chi connectivity index (χ0) is 21.7. The van der Waals surface area contributed by atoms with Gasteiger partial charge in [-0.3, -0.25) is 0 Å². The normalized spacial score (nSPS) is 12.2. The van der Waals surface area contributed by atoms with E-state index in [0.717, 1.165) is 17.4 Å². The van der Waals surface area contributed by atoms with Crippen LogP contribution in [0, 0.1) is 11.2 Å². The Hall–Kier alpha value is -3.03. The van der Waals surface area contributed by atoms with Gasteiger partial charge in [0.1, 0.15) is 11.6 Å². The number of amides is 1. The Bertz CT molecular complexity index is 1010. The number of nitrogens with zero attached hydrogens (tertiary/aromatic N) is 4. The summed E-state index contributed by atoms with van der Waals surface area (Å²) < 4.78 is 13.2. The summed E-state index contributed by atoms with van der Waals surface area (Å²) in [4.78, 5) is 23.3. The molecule has 10 heteroatoms. The number of aromatic nitrogens is 1. The first-order valence-electron chi connectivity index (χ1n) is 9.26. The minimum Gasteiger partial charge on any atom is -0.527 e. The number of allylic oxidation sites excluding steroid dienone is 2. The third-order valence-electron chi connectivity index (χ3n) is 4.50. The minimum absolute atomic E-state index is 0. The number of fused-ring (bicyclic) bond motifs is 1. The van der Waals surface area contributed by atoms with E-state index in [9.17, 15) is 9.18 Å². The smallest absolute Gasteiger partial charge is 0.396 e. The molecule has 0 unspecified atom stereocenters. The molecular weight excluding hydrogens is 571 g/mol. The molecule has 0 bridgehead atoms. The number of carbonyl (C=O) groups is 1. The van der Waals surface area contributed by atoms with Crippen LogP contribution in [0.5, 0.6) is 0 Å². The third-order valence-corrected chi connectivity index (χ3v) is 4.50. The maximum absolute atomic E-state index is 13.2. The van der Waals surface area contributed by atoms with E-state index in [0.29, 0.717) is 23.5 Å². The summed E-state index contributed by atoms with van der Waals surface area (Å²) in [5.74, 6) is -0.144. The second-order valence-corrected chi connectivity index (χ2v) is 6.53. The van der Waals surface area contributed by atoms with Crippen molar-refractivity contribution in [2.24, 2.45) is 0 Å². The van der Waals surface area contributed by atoms with Gasteiger partial charge in [-0.2, -0.15) is 0 Å². The molecule has 1 aliphatic rings. The standard InChI is InChI=1S/C21H22FN6O2.W/c1-3-5-14(4-2)12-27(13-15-6-8-16(22)9-7-15)21(29)30-26-28-18-11-25-20(24)17(10-23)19(18)28;/h3-11,23H,12-13H2,1-2H3,(H2,24,25);/q-1;/b5-3-,14-4+,23-10?;. The van der Waals surface area contributed by atoms with Gasteiger partial charge in [-0.15, -0.1) is 0 Å². The Morgan fingerprint density at radius 1 is 1.35 bits per heavy atom. The largest absolute Gasteiger partial charge is 0.527 e. The van der Waals surface area contributed by atoms with E-state index in [4.69, 9.17) is 16.0 Å². The monoisotopic (exact) mass is 593 g/mol. The first-order chi connectivity index (χ1) is 14.5. The summed E-state index contributed by atoms with van der Waals surface area (Å²) in [5, 5.41) is 8.80. The van der Waals surface area contributed by atoms with Crippen molar-refractivity contribution in [2.45, 2.75) is 20.4 Å². The van der Waals surface area contributed by atoms with Crippen LogP contribution in [0.3, 0.4) is 0 Å². The summed E-state index contributed by atoms with van der Waals surface area (Å²) in [6.45, 7) is 4.28. The quantitative estimate of drug-likeness (QED) is 0.201. The Kier molecular flexibility index (Phi) is 8.47. The molecule has 0 fully saturated rings. The average Bonchev–Trinajstić information content (AvgIpc) is 3.45. The molecule has 0 saturated heterocycles. The molecule has 1 aliphatic heterocycles. The second kappa shape index (κ2) is 10.8. The van der Waals surface area contributed by atoms with E-state index in [1.54, 1.807) is 12.1 Å². The Morgan fingerprint density at radius 3 is 2.68 bits per heavy atom. The third kappa shape index (κ3) is 5.77. The topological polar surface area (TPSA) is 109 Å². The van der Waals surface area contributed by atoms with Crippen LogP contribution < -0.4 is 10.7 Å². The van der Waals surface area contributed by atoms with Gasteiger partial charge in [0.05, 0.1) is 23.1 Å². The first-order valence-corrected chi connectivity index (χ1v) is 9.26. The van der Waals surface area contributed by atoms with Gasteiger partial charge in [-0.05, 0) is 37.1 Å². The van der Waals surface area contributed by atoms with Gasteiger partial charge in [0, 0.05) is 40.4 Å². The van der Waals surface area contributed by atoms with E-state index in [-0.39, 0.29) is 39.2 Å². The molecule has 0 radical (unpaired) electrons. The number of halogens is 1. The summed E-state index contributed by atoms with van der Waals surface area (Å²) in [6, 6.07) is 5.91.